The molecule has 1 saturated heterocycles. The number of rotatable bonds is 7. The van der Waals surface area contributed by atoms with Crippen LogP contribution < -0.4 is 5.32 Å². The highest BCUT2D eigenvalue weighted by Crippen LogP contribution is 2.39. The van der Waals surface area contributed by atoms with Crippen molar-refractivity contribution in [2.75, 3.05) is 26.2 Å². The largest absolute Gasteiger partial charge is 0.480 e. The molecule has 0 aromatic carbocycles. The average Bonchev–Trinajstić information content (AvgIpc) is 2.99. The molecule has 1 aliphatic carbocycles. The van der Waals surface area contributed by atoms with Crippen LogP contribution >= 0.6 is 0 Å². The minimum atomic E-state index is -0.660. The number of carboxylic acids is 1. The maximum absolute atomic E-state index is 11.9. The van der Waals surface area contributed by atoms with Gasteiger partial charge in [-0.05, 0) is 56.5 Å². The van der Waals surface area contributed by atoms with Gasteiger partial charge in [0.1, 0.15) is 5.54 Å². The molecule has 2 aliphatic rings. The molecule has 0 aromatic heterocycles. The maximum Gasteiger partial charge on any atom is 0.324 e. The van der Waals surface area contributed by atoms with Crippen molar-refractivity contribution in [1.82, 2.24) is 10.2 Å². The highest BCUT2D eigenvalue weighted by molar-refractivity contribution is 5.79. The number of nitrogens with one attached hydrogen (secondary N) is 1. The van der Waals surface area contributed by atoms with E-state index in [2.05, 4.69) is 31.0 Å². The van der Waals surface area contributed by atoms with Gasteiger partial charge in [0.15, 0.2) is 0 Å². The third kappa shape index (κ3) is 3.59. The minimum absolute atomic E-state index is 0.285. The van der Waals surface area contributed by atoms with Gasteiger partial charge >= 0.3 is 5.97 Å². The molecule has 4 atom stereocenters. The van der Waals surface area contributed by atoms with Crippen LogP contribution in [0.2, 0.25) is 0 Å². The van der Waals surface area contributed by atoms with Gasteiger partial charge in [-0.25, -0.2) is 0 Å². The molecule has 0 spiro atoms. The Morgan fingerprint density at radius 3 is 2.57 bits per heavy atom. The van der Waals surface area contributed by atoms with Crippen molar-refractivity contribution in [3.05, 3.63) is 0 Å². The normalized spacial score (nSPS) is 37.2. The van der Waals surface area contributed by atoms with E-state index in [-0.39, 0.29) is 5.92 Å². The molecule has 1 aliphatic heterocycles. The summed E-state index contributed by atoms with van der Waals surface area (Å²) in [5.74, 6) is 1.20. The van der Waals surface area contributed by atoms with Gasteiger partial charge in [0, 0.05) is 13.1 Å². The Morgan fingerprint density at radius 1 is 1.33 bits per heavy atom. The zero-order valence-electron chi connectivity index (χ0n) is 13.9. The van der Waals surface area contributed by atoms with E-state index < -0.39 is 11.5 Å². The maximum atomic E-state index is 11.9. The lowest BCUT2D eigenvalue weighted by atomic mass is 9.84. The smallest absolute Gasteiger partial charge is 0.324 e. The quantitative estimate of drug-likeness (QED) is 0.758. The van der Waals surface area contributed by atoms with Gasteiger partial charge in [-0.15, -0.1) is 0 Å². The Balaban J connectivity index is 1.92. The van der Waals surface area contributed by atoms with Gasteiger partial charge in [0.05, 0.1) is 0 Å². The van der Waals surface area contributed by atoms with Crippen LogP contribution in [-0.4, -0.2) is 47.7 Å². The second-order valence-corrected chi connectivity index (χ2v) is 7.30. The molecule has 2 rings (SSSR count). The van der Waals surface area contributed by atoms with Crippen LogP contribution in [0.5, 0.6) is 0 Å². The molecule has 4 unspecified atom stereocenters. The van der Waals surface area contributed by atoms with Crippen LogP contribution in [-0.2, 0) is 4.79 Å². The lowest BCUT2D eigenvalue weighted by molar-refractivity contribution is -0.146. The molecule has 1 saturated carbocycles. The van der Waals surface area contributed by atoms with E-state index in [1.165, 1.54) is 13.1 Å². The minimum Gasteiger partial charge on any atom is -0.480 e. The van der Waals surface area contributed by atoms with Crippen molar-refractivity contribution < 1.29 is 9.90 Å². The average molecular weight is 296 g/mol. The molecule has 0 radical (unpaired) electrons. The standard InChI is InChI=1S/C17H32N2O2/c1-4-9-18-17(16(20)21)8-5-6-15(17)7-10-19-11-13(2)14(3)12-19/h13-15,18H,4-12H2,1-3H3,(H,20,21). The number of carbonyl (C=O) groups is 1. The first-order valence-corrected chi connectivity index (χ1v) is 8.70. The summed E-state index contributed by atoms with van der Waals surface area (Å²) in [7, 11) is 0. The molecular formula is C17H32N2O2. The first kappa shape index (κ1) is 16.8. The number of carboxylic acid groups (broad SMARTS) is 1. The van der Waals surface area contributed by atoms with Crippen LogP contribution in [0.3, 0.4) is 0 Å². The van der Waals surface area contributed by atoms with E-state index in [1.54, 1.807) is 0 Å². The van der Waals surface area contributed by atoms with Gasteiger partial charge in [0.2, 0.25) is 0 Å². The van der Waals surface area contributed by atoms with Gasteiger partial charge in [-0.2, -0.15) is 0 Å². The predicted molar refractivity (Wildman–Crippen MR) is 85.4 cm³/mol. The molecule has 0 aromatic rings. The number of aliphatic carboxylic acids is 1. The second kappa shape index (κ2) is 7.10. The van der Waals surface area contributed by atoms with Crippen molar-refractivity contribution in [3.8, 4) is 0 Å². The van der Waals surface area contributed by atoms with E-state index in [4.69, 9.17) is 0 Å². The molecule has 0 amide bonds. The number of hydrogen-bond donors (Lipinski definition) is 2. The van der Waals surface area contributed by atoms with E-state index in [9.17, 15) is 9.90 Å². The van der Waals surface area contributed by atoms with E-state index >= 15 is 0 Å². The van der Waals surface area contributed by atoms with Crippen molar-refractivity contribution in [1.29, 1.82) is 0 Å². The van der Waals surface area contributed by atoms with Crippen LogP contribution in [0.4, 0.5) is 0 Å². The lowest BCUT2D eigenvalue weighted by Crippen LogP contribution is -2.55. The molecule has 4 nitrogen and oxygen atoms in total. The number of likely N-dealkylation sites (tertiary alicyclic amines) is 1. The van der Waals surface area contributed by atoms with Crippen molar-refractivity contribution in [3.63, 3.8) is 0 Å². The zero-order valence-corrected chi connectivity index (χ0v) is 13.9. The first-order valence-electron chi connectivity index (χ1n) is 8.70. The Kier molecular flexibility index (Phi) is 5.67. The lowest BCUT2D eigenvalue weighted by Gasteiger charge is -2.33. The Morgan fingerprint density at radius 2 is 2.00 bits per heavy atom. The van der Waals surface area contributed by atoms with E-state index in [1.807, 2.05) is 0 Å². The second-order valence-electron chi connectivity index (χ2n) is 7.30. The van der Waals surface area contributed by atoms with Crippen molar-refractivity contribution in [2.24, 2.45) is 17.8 Å². The monoisotopic (exact) mass is 296 g/mol. The summed E-state index contributed by atoms with van der Waals surface area (Å²) in [6.07, 6.45) is 4.90. The fourth-order valence-electron chi connectivity index (χ4n) is 4.18. The summed E-state index contributed by atoms with van der Waals surface area (Å²) in [5, 5.41) is 13.1. The van der Waals surface area contributed by atoms with Crippen LogP contribution in [0.1, 0.15) is 52.9 Å². The third-order valence-electron chi connectivity index (χ3n) is 5.75. The Hall–Kier alpha value is -0.610. The fourth-order valence-corrected chi connectivity index (χ4v) is 4.18. The molecule has 21 heavy (non-hydrogen) atoms. The highest BCUT2D eigenvalue weighted by atomic mass is 16.4. The van der Waals surface area contributed by atoms with Crippen LogP contribution in [0.25, 0.3) is 0 Å². The molecule has 4 heteroatoms. The summed E-state index contributed by atoms with van der Waals surface area (Å²) in [6.45, 7) is 11.0. The summed E-state index contributed by atoms with van der Waals surface area (Å²) in [4.78, 5) is 14.4. The molecule has 0 bridgehead atoms. The molecule has 122 valence electrons. The third-order valence-corrected chi connectivity index (χ3v) is 5.75. The van der Waals surface area contributed by atoms with Crippen LogP contribution in [0.15, 0.2) is 0 Å². The number of hydrogen-bond acceptors (Lipinski definition) is 3. The fraction of sp³-hybridized carbons (Fsp3) is 0.941. The molecule has 2 fully saturated rings. The molecular weight excluding hydrogens is 264 g/mol. The van der Waals surface area contributed by atoms with Gasteiger partial charge in [0.25, 0.3) is 0 Å². The van der Waals surface area contributed by atoms with Crippen molar-refractivity contribution in [2.45, 2.75) is 58.4 Å². The topological polar surface area (TPSA) is 52.6 Å². The number of nitrogens with zero attached hydrogens (tertiary/aromatic N) is 1. The predicted octanol–water partition coefficient (Wildman–Crippen LogP) is 2.59. The van der Waals surface area contributed by atoms with E-state index in [0.717, 1.165) is 57.0 Å². The SMILES string of the molecule is CCCNC1(C(=O)O)CCCC1CCN1CC(C)C(C)C1. The van der Waals surface area contributed by atoms with Gasteiger partial charge < -0.3 is 15.3 Å². The zero-order chi connectivity index (χ0) is 15.5. The summed E-state index contributed by atoms with van der Waals surface area (Å²) in [5.41, 5.74) is -0.660. The van der Waals surface area contributed by atoms with Crippen molar-refractivity contribution >= 4 is 5.97 Å². The summed E-state index contributed by atoms with van der Waals surface area (Å²) >= 11 is 0. The Labute approximate surface area is 129 Å². The summed E-state index contributed by atoms with van der Waals surface area (Å²) in [6, 6.07) is 0. The summed E-state index contributed by atoms with van der Waals surface area (Å²) < 4.78 is 0. The first-order chi connectivity index (χ1) is 9.99. The van der Waals surface area contributed by atoms with E-state index in [0.29, 0.717) is 0 Å². The van der Waals surface area contributed by atoms with Crippen LogP contribution in [0, 0.1) is 17.8 Å². The molecule has 2 N–H and O–H groups in total. The molecule has 1 heterocycles. The highest BCUT2D eigenvalue weighted by Gasteiger charge is 2.48. The Bertz CT molecular complexity index is 351. The van der Waals surface area contributed by atoms with Gasteiger partial charge in [-0.1, -0.05) is 27.2 Å². The van der Waals surface area contributed by atoms with Gasteiger partial charge in [-0.3, -0.25) is 4.79 Å².